The summed E-state index contributed by atoms with van der Waals surface area (Å²) in [5, 5.41) is 7.25. The van der Waals surface area contributed by atoms with Crippen LogP contribution in [0.3, 0.4) is 0 Å². The second kappa shape index (κ2) is 6.99. The van der Waals surface area contributed by atoms with Gasteiger partial charge in [0, 0.05) is 18.1 Å². The monoisotopic (exact) mass is 328 g/mol. The maximum atomic E-state index is 12.7. The highest BCUT2D eigenvalue weighted by atomic mass is 35.5. The Morgan fingerprint density at radius 2 is 2.29 bits per heavy atom. The molecule has 116 valence electrons. The lowest BCUT2D eigenvalue weighted by atomic mass is 9.67. The number of carbonyl (C=O) groups is 1. The van der Waals surface area contributed by atoms with Gasteiger partial charge in [0.25, 0.3) is 0 Å². The number of rotatable bonds is 3. The molecule has 21 heavy (non-hydrogen) atoms. The van der Waals surface area contributed by atoms with E-state index in [1.165, 1.54) is 19.3 Å². The minimum atomic E-state index is -0.170. The molecule has 1 amide bonds. The Labute approximate surface area is 137 Å². The van der Waals surface area contributed by atoms with Gasteiger partial charge in [0.05, 0.1) is 5.41 Å². The summed E-state index contributed by atoms with van der Waals surface area (Å²) >= 11 is 5.97. The van der Waals surface area contributed by atoms with Crippen molar-refractivity contribution >= 4 is 29.9 Å². The van der Waals surface area contributed by atoms with Crippen LogP contribution in [0.5, 0.6) is 0 Å². The zero-order chi connectivity index (χ0) is 14.0. The van der Waals surface area contributed by atoms with Crippen molar-refractivity contribution in [3.05, 3.63) is 34.9 Å². The predicted molar refractivity (Wildman–Crippen MR) is 87.8 cm³/mol. The standard InChI is InChI=1S/C16H21ClN2O.ClH/c17-14-6-3-4-12(8-14)9-19-15(20)16-7-2-1-5-13(16)10-18-11-16;/h3-4,6,8,13,18H,1-2,5,7,9-11H2,(H,19,20);1H/t13-,16+;/m0./s1. The van der Waals surface area contributed by atoms with Gasteiger partial charge in [0.1, 0.15) is 0 Å². The molecule has 1 saturated carbocycles. The third kappa shape index (κ3) is 3.36. The van der Waals surface area contributed by atoms with Crippen LogP contribution in [0.2, 0.25) is 5.02 Å². The molecular formula is C16H22Cl2N2O. The van der Waals surface area contributed by atoms with E-state index in [4.69, 9.17) is 11.6 Å². The van der Waals surface area contributed by atoms with Crippen LogP contribution in [0.1, 0.15) is 31.2 Å². The van der Waals surface area contributed by atoms with E-state index in [0.29, 0.717) is 17.5 Å². The van der Waals surface area contributed by atoms with Gasteiger partial charge in [-0.25, -0.2) is 0 Å². The Balaban J connectivity index is 0.00000161. The molecule has 3 nitrogen and oxygen atoms in total. The molecule has 1 aromatic rings. The van der Waals surface area contributed by atoms with Gasteiger partial charge in [-0.05, 0) is 43.0 Å². The van der Waals surface area contributed by atoms with Crippen LogP contribution >= 0.6 is 24.0 Å². The summed E-state index contributed by atoms with van der Waals surface area (Å²) in [4.78, 5) is 12.7. The Bertz CT molecular complexity index is 509. The third-order valence-electron chi connectivity index (χ3n) is 4.83. The minimum Gasteiger partial charge on any atom is -0.351 e. The Morgan fingerprint density at radius 1 is 1.43 bits per heavy atom. The highest BCUT2D eigenvalue weighted by Gasteiger charge is 2.49. The van der Waals surface area contributed by atoms with E-state index in [1.54, 1.807) is 0 Å². The number of hydrogen-bond acceptors (Lipinski definition) is 2. The molecule has 1 heterocycles. The van der Waals surface area contributed by atoms with Crippen LogP contribution < -0.4 is 10.6 Å². The fraction of sp³-hybridized carbons (Fsp3) is 0.562. The van der Waals surface area contributed by atoms with E-state index in [1.807, 2.05) is 24.3 Å². The summed E-state index contributed by atoms with van der Waals surface area (Å²) in [6.45, 7) is 2.39. The largest absolute Gasteiger partial charge is 0.351 e. The first-order valence-electron chi connectivity index (χ1n) is 7.44. The first-order valence-corrected chi connectivity index (χ1v) is 7.82. The van der Waals surface area contributed by atoms with Crippen LogP contribution in [0, 0.1) is 11.3 Å². The summed E-state index contributed by atoms with van der Waals surface area (Å²) < 4.78 is 0. The van der Waals surface area contributed by atoms with E-state index in [-0.39, 0.29) is 23.7 Å². The molecule has 2 N–H and O–H groups in total. The molecule has 0 aromatic heterocycles. The van der Waals surface area contributed by atoms with Crippen molar-refractivity contribution in [1.29, 1.82) is 0 Å². The average molecular weight is 329 g/mol. The summed E-state index contributed by atoms with van der Waals surface area (Å²) in [5.74, 6) is 0.725. The molecule has 1 aliphatic carbocycles. The van der Waals surface area contributed by atoms with Gasteiger partial charge in [0.15, 0.2) is 0 Å². The molecule has 1 saturated heterocycles. The number of amides is 1. The number of benzene rings is 1. The lowest BCUT2D eigenvalue weighted by molar-refractivity contribution is -0.134. The van der Waals surface area contributed by atoms with Gasteiger partial charge in [0.2, 0.25) is 5.91 Å². The number of hydrogen-bond donors (Lipinski definition) is 2. The van der Waals surface area contributed by atoms with Crippen molar-refractivity contribution in [2.24, 2.45) is 11.3 Å². The van der Waals surface area contributed by atoms with Crippen molar-refractivity contribution in [2.75, 3.05) is 13.1 Å². The molecule has 0 spiro atoms. The molecule has 5 heteroatoms. The topological polar surface area (TPSA) is 41.1 Å². The van der Waals surface area contributed by atoms with Crippen molar-refractivity contribution in [2.45, 2.75) is 32.2 Å². The zero-order valence-electron chi connectivity index (χ0n) is 12.0. The Kier molecular flexibility index (Phi) is 5.53. The van der Waals surface area contributed by atoms with Crippen LogP contribution in [0.4, 0.5) is 0 Å². The van der Waals surface area contributed by atoms with Crippen molar-refractivity contribution in [1.82, 2.24) is 10.6 Å². The molecule has 0 radical (unpaired) electrons. The van der Waals surface area contributed by atoms with Gasteiger partial charge in [-0.2, -0.15) is 0 Å². The maximum absolute atomic E-state index is 12.7. The summed E-state index contributed by atoms with van der Waals surface area (Å²) in [6, 6.07) is 7.67. The second-order valence-electron chi connectivity index (χ2n) is 6.04. The summed E-state index contributed by atoms with van der Waals surface area (Å²) in [5.41, 5.74) is 0.886. The Hall–Kier alpha value is -0.770. The summed E-state index contributed by atoms with van der Waals surface area (Å²) in [6.07, 6.45) is 4.63. The van der Waals surface area contributed by atoms with Crippen LogP contribution in [0.15, 0.2) is 24.3 Å². The maximum Gasteiger partial charge on any atom is 0.228 e. The van der Waals surface area contributed by atoms with E-state index in [0.717, 1.165) is 25.1 Å². The molecular weight excluding hydrogens is 307 g/mol. The third-order valence-corrected chi connectivity index (χ3v) is 5.07. The van der Waals surface area contributed by atoms with Gasteiger partial charge in [-0.1, -0.05) is 36.6 Å². The first kappa shape index (κ1) is 16.6. The summed E-state index contributed by atoms with van der Waals surface area (Å²) in [7, 11) is 0. The molecule has 2 fully saturated rings. The molecule has 0 unspecified atom stereocenters. The van der Waals surface area contributed by atoms with Crippen molar-refractivity contribution in [3.8, 4) is 0 Å². The van der Waals surface area contributed by atoms with Crippen molar-refractivity contribution < 1.29 is 4.79 Å². The van der Waals surface area contributed by atoms with Gasteiger partial charge in [-0.3, -0.25) is 4.79 Å². The number of fused-ring (bicyclic) bond motifs is 1. The van der Waals surface area contributed by atoms with Crippen LogP contribution in [-0.2, 0) is 11.3 Å². The molecule has 2 aliphatic rings. The number of halogens is 2. The fourth-order valence-corrected chi connectivity index (χ4v) is 3.91. The lowest BCUT2D eigenvalue weighted by Gasteiger charge is -2.37. The van der Waals surface area contributed by atoms with Gasteiger partial charge < -0.3 is 10.6 Å². The average Bonchev–Trinajstić information content (AvgIpc) is 2.90. The zero-order valence-corrected chi connectivity index (χ0v) is 13.6. The number of carbonyl (C=O) groups excluding carboxylic acids is 1. The van der Waals surface area contributed by atoms with Crippen LogP contribution in [-0.4, -0.2) is 19.0 Å². The highest BCUT2D eigenvalue weighted by molar-refractivity contribution is 6.30. The molecule has 3 rings (SSSR count). The molecule has 1 aliphatic heterocycles. The Morgan fingerprint density at radius 3 is 3.10 bits per heavy atom. The number of nitrogens with one attached hydrogen (secondary N) is 2. The van der Waals surface area contributed by atoms with Gasteiger partial charge >= 0.3 is 0 Å². The van der Waals surface area contributed by atoms with E-state index in [2.05, 4.69) is 10.6 Å². The highest BCUT2D eigenvalue weighted by Crippen LogP contribution is 2.43. The van der Waals surface area contributed by atoms with E-state index >= 15 is 0 Å². The minimum absolute atomic E-state index is 0. The normalized spacial score (nSPS) is 27.6. The lowest BCUT2D eigenvalue weighted by Crippen LogP contribution is -2.47. The first-order chi connectivity index (χ1) is 9.71. The van der Waals surface area contributed by atoms with Crippen LogP contribution in [0.25, 0.3) is 0 Å². The van der Waals surface area contributed by atoms with E-state index in [9.17, 15) is 4.79 Å². The molecule has 1 aromatic carbocycles. The predicted octanol–water partition coefficient (Wildman–Crippen LogP) is 3.16. The SMILES string of the molecule is Cl.O=C(NCc1cccc(Cl)c1)[C@@]12CCCC[C@H]1CNC2. The quantitative estimate of drug-likeness (QED) is 0.894. The van der Waals surface area contributed by atoms with E-state index < -0.39 is 0 Å². The molecule has 2 atom stereocenters. The molecule has 0 bridgehead atoms. The smallest absolute Gasteiger partial charge is 0.228 e. The van der Waals surface area contributed by atoms with Crippen molar-refractivity contribution in [3.63, 3.8) is 0 Å². The van der Waals surface area contributed by atoms with Gasteiger partial charge in [-0.15, -0.1) is 12.4 Å². The fourth-order valence-electron chi connectivity index (χ4n) is 3.70. The second-order valence-corrected chi connectivity index (χ2v) is 6.48.